The zero-order valence-corrected chi connectivity index (χ0v) is 10.3. The van der Waals surface area contributed by atoms with Gasteiger partial charge in [0.2, 0.25) is 0 Å². The highest BCUT2D eigenvalue weighted by molar-refractivity contribution is 5.28. The summed E-state index contributed by atoms with van der Waals surface area (Å²) in [7, 11) is 1.92. The van der Waals surface area contributed by atoms with Gasteiger partial charge in [0.15, 0.2) is 0 Å². The van der Waals surface area contributed by atoms with E-state index in [0.717, 1.165) is 23.4 Å². The summed E-state index contributed by atoms with van der Waals surface area (Å²) in [4.78, 5) is 0. The fraction of sp³-hybridized carbons (Fsp3) is 0.286. The molecule has 0 fully saturated rings. The third kappa shape index (κ3) is 3.11. The van der Waals surface area contributed by atoms with E-state index in [9.17, 15) is 0 Å². The van der Waals surface area contributed by atoms with Gasteiger partial charge in [0.1, 0.15) is 5.75 Å². The zero-order valence-electron chi connectivity index (χ0n) is 10.3. The Kier molecular flexibility index (Phi) is 3.98. The summed E-state index contributed by atoms with van der Waals surface area (Å²) >= 11 is 0. The first-order valence-corrected chi connectivity index (χ1v) is 5.85. The zero-order chi connectivity index (χ0) is 12.8. The number of benzene rings is 1. The first-order chi connectivity index (χ1) is 8.79. The van der Waals surface area contributed by atoms with E-state index in [-0.39, 0.29) is 0 Å². The van der Waals surface area contributed by atoms with Crippen LogP contribution in [0.1, 0.15) is 11.3 Å². The molecule has 0 aliphatic heterocycles. The van der Waals surface area contributed by atoms with Crippen LogP contribution < -0.4 is 4.74 Å². The second-order valence-corrected chi connectivity index (χ2v) is 4.02. The predicted molar refractivity (Wildman–Crippen MR) is 68.2 cm³/mol. The predicted octanol–water partition coefficient (Wildman–Crippen LogP) is 2.11. The number of hydrogen-bond acceptors (Lipinski definition) is 3. The number of aromatic nitrogens is 2. The third-order valence-electron chi connectivity index (χ3n) is 2.76. The minimum absolute atomic E-state index is 0.440. The number of hydrogen-bond donors (Lipinski definition) is 0. The van der Waals surface area contributed by atoms with Crippen LogP contribution in [0.15, 0.2) is 36.5 Å². The number of nitriles is 1. The monoisotopic (exact) mass is 241 g/mol. The number of ether oxygens (including phenoxy) is 1. The highest BCUT2D eigenvalue weighted by Crippen LogP contribution is 2.12. The molecule has 0 radical (unpaired) electrons. The molecule has 0 saturated heterocycles. The highest BCUT2D eigenvalue weighted by Gasteiger charge is 1.99. The smallest absolute Gasteiger partial charge is 0.119 e. The Bertz CT molecular complexity index is 537. The molecule has 4 nitrogen and oxygen atoms in total. The summed E-state index contributed by atoms with van der Waals surface area (Å²) < 4.78 is 7.49. The van der Waals surface area contributed by atoms with Gasteiger partial charge in [-0.3, -0.25) is 4.68 Å². The van der Waals surface area contributed by atoms with Crippen LogP contribution in [0.4, 0.5) is 0 Å². The minimum Gasteiger partial charge on any atom is -0.493 e. The number of rotatable bonds is 5. The molecule has 0 aliphatic carbocycles. The average molecular weight is 241 g/mol. The Morgan fingerprint density at radius 1 is 1.28 bits per heavy atom. The lowest BCUT2D eigenvalue weighted by Crippen LogP contribution is -2.05. The van der Waals surface area contributed by atoms with E-state index in [4.69, 9.17) is 10.00 Å². The van der Waals surface area contributed by atoms with E-state index in [2.05, 4.69) is 11.2 Å². The first-order valence-electron chi connectivity index (χ1n) is 5.85. The van der Waals surface area contributed by atoms with Crippen LogP contribution >= 0.6 is 0 Å². The molecule has 0 N–H and O–H groups in total. The summed E-state index contributed by atoms with van der Waals surface area (Å²) in [5, 5.41) is 12.7. The van der Waals surface area contributed by atoms with Crippen molar-refractivity contribution in [3.05, 3.63) is 47.8 Å². The van der Waals surface area contributed by atoms with Crippen LogP contribution in [0, 0.1) is 11.3 Å². The summed E-state index contributed by atoms with van der Waals surface area (Å²) in [6.07, 6.45) is 3.05. The lowest BCUT2D eigenvalue weighted by molar-refractivity contribution is 0.318. The van der Waals surface area contributed by atoms with Gasteiger partial charge < -0.3 is 4.74 Å². The molecule has 0 saturated carbocycles. The van der Waals surface area contributed by atoms with E-state index in [1.165, 1.54) is 0 Å². The maximum absolute atomic E-state index is 8.57. The van der Waals surface area contributed by atoms with Crippen molar-refractivity contribution in [2.24, 2.45) is 7.05 Å². The van der Waals surface area contributed by atoms with Gasteiger partial charge in [-0.15, -0.1) is 0 Å². The normalized spacial score (nSPS) is 10.0. The number of aryl methyl sites for hydroxylation is 1. The first kappa shape index (κ1) is 12.2. The fourth-order valence-corrected chi connectivity index (χ4v) is 1.71. The molecule has 0 unspecified atom stereocenters. The van der Waals surface area contributed by atoms with Gasteiger partial charge in [-0.2, -0.15) is 10.4 Å². The lowest BCUT2D eigenvalue weighted by Gasteiger charge is -2.06. The van der Waals surface area contributed by atoms with E-state index in [1.54, 1.807) is 6.20 Å². The van der Waals surface area contributed by atoms with Crippen LogP contribution in [0.5, 0.6) is 5.75 Å². The van der Waals surface area contributed by atoms with E-state index in [0.29, 0.717) is 13.0 Å². The van der Waals surface area contributed by atoms with Crippen molar-refractivity contribution in [1.82, 2.24) is 9.78 Å². The molecule has 0 spiro atoms. The summed E-state index contributed by atoms with van der Waals surface area (Å²) in [5.74, 6) is 0.832. The standard InChI is InChI=1S/C14H15N3O/c1-17-13(7-10-16-17)8-11-18-14-4-2-12(3-5-14)6-9-15/h2-5,7,10H,6,8,11H2,1H3. The molecular weight excluding hydrogens is 226 g/mol. The van der Waals surface area contributed by atoms with Crippen molar-refractivity contribution in [2.45, 2.75) is 12.8 Å². The van der Waals surface area contributed by atoms with Gasteiger partial charge in [0.25, 0.3) is 0 Å². The van der Waals surface area contributed by atoms with Gasteiger partial charge in [0, 0.05) is 25.4 Å². The lowest BCUT2D eigenvalue weighted by atomic mass is 10.2. The summed E-state index contributed by atoms with van der Waals surface area (Å²) in [6, 6.07) is 11.7. The van der Waals surface area contributed by atoms with Gasteiger partial charge in [0.05, 0.1) is 19.1 Å². The van der Waals surface area contributed by atoms with Crippen LogP contribution in [0.3, 0.4) is 0 Å². The van der Waals surface area contributed by atoms with Gasteiger partial charge in [-0.05, 0) is 23.8 Å². The Hall–Kier alpha value is -2.28. The molecule has 0 aliphatic rings. The van der Waals surface area contributed by atoms with E-state index in [1.807, 2.05) is 42.1 Å². The number of nitrogens with zero attached hydrogens (tertiary/aromatic N) is 3. The molecule has 0 bridgehead atoms. The minimum atomic E-state index is 0.440. The molecule has 0 atom stereocenters. The van der Waals surface area contributed by atoms with Crippen LogP contribution in [-0.4, -0.2) is 16.4 Å². The SMILES string of the molecule is Cn1nccc1CCOc1ccc(CC#N)cc1. The van der Waals surface area contributed by atoms with Crippen molar-refractivity contribution in [1.29, 1.82) is 5.26 Å². The summed E-state index contributed by atoms with van der Waals surface area (Å²) in [6.45, 7) is 0.622. The van der Waals surface area contributed by atoms with Crippen molar-refractivity contribution < 1.29 is 4.74 Å². The fourth-order valence-electron chi connectivity index (χ4n) is 1.71. The van der Waals surface area contributed by atoms with E-state index < -0.39 is 0 Å². The van der Waals surface area contributed by atoms with Crippen molar-refractivity contribution in [3.8, 4) is 11.8 Å². The molecule has 1 aromatic carbocycles. The second-order valence-electron chi connectivity index (χ2n) is 4.02. The molecule has 0 amide bonds. The molecule has 92 valence electrons. The Morgan fingerprint density at radius 2 is 2.06 bits per heavy atom. The molecule has 4 heteroatoms. The van der Waals surface area contributed by atoms with Gasteiger partial charge in [-0.1, -0.05) is 12.1 Å². The molecular formula is C14H15N3O. The van der Waals surface area contributed by atoms with Gasteiger partial charge in [-0.25, -0.2) is 0 Å². The van der Waals surface area contributed by atoms with Crippen molar-refractivity contribution in [2.75, 3.05) is 6.61 Å². The average Bonchev–Trinajstić information content (AvgIpc) is 2.78. The topological polar surface area (TPSA) is 50.8 Å². The quantitative estimate of drug-likeness (QED) is 0.805. The molecule has 2 aromatic rings. The summed E-state index contributed by atoms with van der Waals surface area (Å²) in [5.41, 5.74) is 2.16. The maximum atomic E-state index is 8.57. The van der Waals surface area contributed by atoms with Crippen molar-refractivity contribution in [3.63, 3.8) is 0 Å². The molecule has 1 aromatic heterocycles. The second kappa shape index (κ2) is 5.87. The highest BCUT2D eigenvalue weighted by atomic mass is 16.5. The Morgan fingerprint density at radius 3 is 2.67 bits per heavy atom. The Labute approximate surface area is 106 Å². The molecule has 2 rings (SSSR count). The van der Waals surface area contributed by atoms with Crippen LogP contribution in [-0.2, 0) is 19.9 Å². The van der Waals surface area contributed by atoms with Crippen molar-refractivity contribution >= 4 is 0 Å². The van der Waals surface area contributed by atoms with Crippen LogP contribution in [0.2, 0.25) is 0 Å². The third-order valence-corrected chi connectivity index (χ3v) is 2.76. The largest absolute Gasteiger partial charge is 0.493 e. The van der Waals surface area contributed by atoms with Crippen LogP contribution in [0.25, 0.3) is 0 Å². The van der Waals surface area contributed by atoms with E-state index >= 15 is 0 Å². The molecule has 1 heterocycles. The maximum Gasteiger partial charge on any atom is 0.119 e. The Balaban J connectivity index is 1.83. The van der Waals surface area contributed by atoms with Gasteiger partial charge >= 0.3 is 0 Å². The molecule has 18 heavy (non-hydrogen) atoms.